The van der Waals surface area contributed by atoms with E-state index >= 15 is 0 Å². The quantitative estimate of drug-likeness (QED) is 0.770. The summed E-state index contributed by atoms with van der Waals surface area (Å²) in [5.41, 5.74) is 1.23. The largest absolute Gasteiger partial charge is 0.463 e. The van der Waals surface area contributed by atoms with Gasteiger partial charge in [0.25, 0.3) is 0 Å². The first kappa shape index (κ1) is 19.0. The van der Waals surface area contributed by atoms with Crippen LogP contribution in [0, 0.1) is 5.82 Å². The Morgan fingerprint density at radius 1 is 1.17 bits per heavy atom. The zero-order valence-corrected chi connectivity index (χ0v) is 14.9. The van der Waals surface area contributed by atoms with E-state index in [1.807, 2.05) is 0 Å². The van der Waals surface area contributed by atoms with E-state index in [-0.39, 0.29) is 18.2 Å². The summed E-state index contributed by atoms with van der Waals surface area (Å²) >= 11 is 6.09. The monoisotopic (exact) mass is 371 g/mol. The predicted molar refractivity (Wildman–Crippen MR) is 95.6 cm³/mol. The molecule has 24 heavy (non-hydrogen) atoms. The minimum atomic E-state index is -0.535. The molecule has 0 saturated carbocycles. The molecule has 0 amide bonds. The van der Waals surface area contributed by atoms with Crippen molar-refractivity contribution in [3.63, 3.8) is 0 Å². The fourth-order valence-electron chi connectivity index (χ4n) is 2.64. The van der Waals surface area contributed by atoms with Crippen LogP contribution in [0.4, 0.5) is 4.39 Å². The van der Waals surface area contributed by atoms with Crippen LogP contribution in [-0.4, -0.2) is 19.4 Å². The maximum Gasteiger partial charge on any atom is 0.213 e. The lowest BCUT2D eigenvalue weighted by atomic mass is 9.99. The Balaban J connectivity index is 0.00000208. The van der Waals surface area contributed by atoms with E-state index in [0.29, 0.717) is 22.9 Å². The molecule has 0 aliphatic carbocycles. The molecule has 2 unspecified atom stereocenters. The zero-order chi connectivity index (χ0) is 16.2. The van der Waals surface area contributed by atoms with E-state index in [4.69, 9.17) is 21.1 Å². The van der Waals surface area contributed by atoms with Crippen LogP contribution in [0.1, 0.15) is 30.6 Å². The summed E-state index contributed by atoms with van der Waals surface area (Å²) in [6.07, 6.45) is 0.0160. The number of hydrogen-bond donors (Lipinski definition) is 1. The molecule has 2 atom stereocenters. The van der Waals surface area contributed by atoms with E-state index < -0.39 is 12.4 Å². The SMILES string of the molecule is CCCNCC1Oc2ccc(Cl)cc2C(c2ccccc2F)O1.Cl. The van der Waals surface area contributed by atoms with Crippen LogP contribution >= 0.6 is 24.0 Å². The molecule has 1 aliphatic heterocycles. The Morgan fingerprint density at radius 2 is 1.96 bits per heavy atom. The molecular weight excluding hydrogens is 352 g/mol. The van der Waals surface area contributed by atoms with E-state index in [1.165, 1.54) is 6.07 Å². The summed E-state index contributed by atoms with van der Waals surface area (Å²) in [5.74, 6) is 0.378. The number of rotatable bonds is 5. The maximum absolute atomic E-state index is 14.2. The zero-order valence-electron chi connectivity index (χ0n) is 13.3. The fraction of sp³-hybridized carbons (Fsp3) is 0.333. The van der Waals surface area contributed by atoms with Gasteiger partial charge in [0.15, 0.2) is 0 Å². The van der Waals surface area contributed by atoms with Gasteiger partial charge in [-0.25, -0.2) is 4.39 Å². The van der Waals surface area contributed by atoms with Crippen molar-refractivity contribution in [2.24, 2.45) is 0 Å². The van der Waals surface area contributed by atoms with Gasteiger partial charge in [-0.05, 0) is 37.2 Å². The van der Waals surface area contributed by atoms with Crippen LogP contribution in [0.3, 0.4) is 0 Å². The van der Waals surface area contributed by atoms with Crippen LogP contribution < -0.4 is 10.1 Å². The van der Waals surface area contributed by atoms with Crippen molar-refractivity contribution in [2.45, 2.75) is 25.7 Å². The van der Waals surface area contributed by atoms with Gasteiger partial charge in [0.2, 0.25) is 6.29 Å². The number of halogens is 3. The topological polar surface area (TPSA) is 30.5 Å². The summed E-state index contributed by atoms with van der Waals surface area (Å²) in [6, 6.07) is 12.0. The standard InChI is InChI=1S/C18H19ClFNO2.ClH/c1-2-9-21-11-17-22-16-8-7-12(19)10-14(16)18(23-17)13-5-3-4-6-15(13)20;/h3-8,10,17-18,21H,2,9,11H2,1H3;1H. The third kappa shape index (κ3) is 4.19. The molecule has 3 nitrogen and oxygen atoms in total. The fourth-order valence-corrected chi connectivity index (χ4v) is 2.82. The molecule has 1 aliphatic rings. The molecule has 2 aromatic carbocycles. The summed E-state index contributed by atoms with van der Waals surface area (Å²) in [4.78, 5) is 0. The summed E-state index contributed by atoms with van der Waals surface area (Å²) < 4.78 is 26.1. The first-order valence-electron chi connectivity index (χ1n) is 7.75. The molecule has 130 valence electrons. The smallest absolute Gasteiger partial charge is 0.213 e. The second kappa shape index (κ2) is 8.67. The van der Waals surface area contributed by atoms with Crippen LogP contribution in [0.15, 0.2) is 42.5 Å². The Hall–Kier alpha value is -1.33. The molecule has 3 rings (SSSR count). The second-order valence-corrected chi connectivity index (χ2v) is 5.91. The molecule has 6 heteroatoms. The summed E-state index contributed by atoms with van der Waals surface area (Å²) in [5, 5.41) is 3.83. The van der Waals surface area contributed by atoms with Gasteiger partial charge in [-0.15, -0.1) is 12.4 Å². The molecule has 0 aromatic heterocycles. The number of nitrogens with one attached hydrogen (secondary N) is 1. The summed E-state index contributed by atoms with van der Waals surface area (Å²) in [7, 11) is 0. The number of hydrogen-bond acceptors (Lipinski definition) is 3. The van der Waals surface area contributed by atoms with Crippen molar-refractivity contribution < 1.29 is 13.9 Å². The van der Waals surface area contributed by atoms with Gasteiger partial charge in [0.05, 0.1) is 6.54 Å². The van der Waals surface area contributed by atoms with E-state index in [1.54, 1.807) is 36.4 Å². The van der Waals surface area contributed by atoms with Crippen LogP contribution in [0.25, 0.3) is 0 Å². The number of benzene rings is 2. The lowest BCUT2D eigenvalue weighted by molar-refractivity contribution is -0.125. The molecule has 0 fully saturated rings. The molecule has 0 saturated heterocycles. The highest BCUT2D eigenvalue weighted by Crippen LogP contribution is 2.40. The highest BCUT2D eigenvalue weighted by molar-refractivity contribution is 6.30. The van der Waals surface area contributed by atoms with Crippen LogP contribution in [0.2, 0.25) is 5.02 Å². The van der Waals surface area contributed by atoms with Gasteiger partial charge in [-0.1, -0.05) is 36.7 Å². The van der Waals surface area contributed by atoms with Gasteiger partial charge >= 0.3 is 0 Å². The highest BCUT2D eigenvalue weighted by Gasteiger charge is 2.31. The third-order valence-electron chi connectivity index (χ3n) is 3.73. The van der Waals surface area contributed by atoms with Crippen molar-refractivity contribution in [1.29, 1.82) is 0 Å². The first-order valence-corrected chi connectivity index (χ1v) is 8.13. The first-order chi connectivity index (χ1) is 11.2. The van der Waals surface area contributed by atoms with Gasteiger partial charge in [0, 0.05) is 16.1 Å². The minimum Gasteiger partial charge on any atom is -0.463 e. The molecule has 1 heterocycles. The Morgan fingerprint density at radius 3 is 2.71 bits per heavy atom. The minimum absolute atomic E-state index is 0. The molecule has 0 radical (unpaired) electrons. The third-order valence-corrected chi connectivity index (χ3v) is 3.96. The lowest BCUT2D eigenvalue weighted by Crippen LogP contribution is -2.38. The van der Waals surface area contributed by atoms with Gasteiger partial charge in [-0.3, -0.25) is 0 Å². The van der Waals surface area contributed by atoms with Gasteiger partial charge in [-0.2, -0.15) is 0 Å². The van der Waals surface area contributed by atoms with E-state index in [2.05, 4.69) is 12.2 Å². The van der Waals surface area contributed by atoms with E-state index in [0.717, 1.165) is 18.5 Å². The van der Waals surface area contributed by atoms with Gasteiger partial charge in [0.1, 0.15) is 17.7 Å². The van der Waals surface area contributed by atoms with Gasteiger partial charge < -0.3 is 14.8 Å². The highest BCUT2D eigenvalue weighted by atomic mass is 35.5. The maximum atomic E-state index is 14.2. The molecular formula is C18H20Cl2FNO2. The average molecular weight is 372 g/mol. The van der Waals surface area contributed by atoms with Crippen LogP contribution in [0.5, 0.6) is 5.75 Å². The van der Waals surface area contributed by atoms with Crippen molar-refractivity contribution in [3.8, 4) is 5.75 Å². The number of ether oxygens (including phenoxy) is 2. The van der Waals surface area contributed by atoms with E-state index in [9.17, 15) is 4.39 Å². The van der Waals surface area contributed by atoms with Crippen molar-refractivity contribution >= 4 is 24.0 Å². The molecule has 1 N–H and O–H groups in total. The van der Waals surface area contributed by atoms with Crippen molar-refractivity contribution in [2.75, 3.05) is 13.1 Å². The second-order valence-electron chi connectivity index (χ2n) is 5.47. The molecule has 2 aromatic rings. The predicted octanol–water partition coefficient (Wildman–Crippen LogP) is 4.73. The number of fused-ring (bicyclic) bond motifs is 1. The van der Waals surface area contributed by atoms with Crippen molar-refractivity contribution in [3.05, 3.63) is 64.4 Å². The molecule has 0 bridgehead atoms. The average Bonchev–Trinajstić information content (AvgIpc) is 2.55. The van der Waals surface area contributed by atoms with Crippen LogP contribution in [-0.2, 0) is 4.74 Å². The lowest BCUT2D eigenvalue weighted by Gasteiger charge is -2.33. The Kier molecular flexibility index (Phi) is 6.87. The Bertz CT molecular complexity index is 684. The normalized spacial score (nSPS) is 19.1. The molecule has 0 spiro atoms. The Labute approximate surface area is 152 Å². The summed E-state index contributed by atoms with van der Waals surface area (Å²) in [6.45, 7) is 3.51. The van der Waals surface area contributed by atoms with Crippen molar-refractivity contribution in [1.82, 2.24) is 5.32 Å².